The van der Waals surface area contributed by atoms with E-state index in [-0.39, 0.29) is 11.6 Å². The van der Waals surface area contributed by atoms with E-state index in [0.717, 1.165) is 21.6 Å². The maximum Gasteiger partial charge on any atom is 0.227 e. The summed E-state index contributed by atoms with van der Waals surface area (Å²) in [5, 5.41) is 3.71. The lowest BCUT2D eigenvalue weighted by atomic mass is 10.3. The van der Waals surface area contributed by atoms with Crippen molar-refractivity contribution in [3.63, 3.8) is 0 Å². The first kappa shape index (κ1) is 14.5. The SMILES string of the molecule is Cc1nc(C)c(-c2ccnc(Nc3ccc(F)cc3F)n2)s1. The van der Waals surface area contributed by atoms with E-state index in [4.69, 9.17) is 0 Å². The van der Waals surface area contributed by atoms with Gasteiger partial charge in [-0.25, -0.2) is 23.7 Å². The third-order valence-electron chi connectivity index (χ3n) is 2.97. The summed E-state index contributed by atoms with van der Waals surface area (Å²) in [6.45, 7) is 3.84. The van der Waals surface area contributed by atoms with Gasteiger partial charge in [-0.15, -0.1) is 11.3 Å². The van der Waals surface area contributed by atoms with Crippen molar-refractivity contribution in [3.05, 3.63) is 52.8 Å². The number of anilines is 2. The first-order chi connectivity index (χ1) is 10.5. The van der Waals surface area contributed by atoms with Crippen LogP contribution in [0.5, 0.6) is 0 Å². The molecular weight excluding hydrogens is 306 g/mol. The Hall–Kier alpha value is -2.41. The zero-order valence-electron chi connectivity index (χ0n) is 11.9. The lowest BCUT2D eigenvalue weighted by molar-refractivity contribution is 0.586. The summed E-state index contributed by atoms with van der Waals surface area (Å²) in [4.78, 5) is 13.7. The molecule has 4 nitrogen and oxygen atoms in total. The third-order valence-corrected chi connectivity index (χ3v) is 4.06. The van der Waals surface area contributed by atoms with Crippen molar-refractivity contribution in [2.24, 2.45) is 0 Å². The second-order valence-corrected chi connectivity index (χ2v) is 5.87. The van der Waals surface area contributed by atoms with Crippen molar-refractivity contribution in [2.75, 3.05) is 5.32 Å². The number of aromatic nitrogens is 3. The predicted molar refractivity (Wildman–Crippen MR) is 82.3 cm³/mol. The average Bonchev–Trinajstić information content (AvgIpc) is 2.81. The van der Waals surface area contributed by atoms with Gasteiger partial charge in [0.1, 0.15) is 11.6 Å². The zero-order chi connectivity index (χ0) is 15.7. The number of thiazole rings is 1. The molecule has 0 aliphatic rings. The maximum absolute atomic E-state index is 13.7. The molecule has 0 spiro atoms. The Morgan fingerprint density at radius 3 is 2.59 bits per heavy atom. The van der Waals surface area contributed by atoms with Gasteiger partial charge in [0.25, 0.3) is 0 Å². The molecular formula is C15H12F2N4S. The van der Waals surface area contributed by atoms with Gasteiger partial charge in [0.15, 0.2) is 0 Å². The molecule has 3 rings (SSSR count). The van der Waals surface area contributed by atoms with Crippen molar-refractivity contribution in [1.82, 2.24) is 15.0 Å². The van der Waals surface area contributed by atoms with Gasteiger partial charge >= 0.3 is 0 Å². The minimum atomic E-state index is -0.696. The van der Waals surface area contributed by atoms with Gasteiger partial charge in [-0.2, -0.15) is 0 Å². The number of benzene rings is 1. The molecule has 0 saturated carbocycles. The number of rotatable bonds is 3. The molecule has 2 heterocycles. The molecule has 0 amide bonds. The molecule has 0 radical (unpaired) electrons. The van der Waals surface area contributed by atoms with Crippen LogP contribution in [0.2, 0.25) is 0 Å². The summed E-state index contributed by atoms with van der Waals surface area (Å²) in [6, 6.07) is 5.06. The minimum absolute atomic E-state index is 0.121. The Kier molecular flexibility index (Phi) is 3.81. The van der Waals surface area contributed by atoms with Crippen molar-refractivity contribution in [2.45, 2.75) is 13.8 Å². The van der Waals surface area contributed by atoms with Gasteiger partial charge in [0.2, 0.25) is 5.95 Å². The van der Waals surface area contributed by atoms with Gasteiger partial charge in [0.05, 0.1) is 27.0 Å². The van der Waals surface area contributed by atoms with Crippen LogP contribution in [-0.4, -0.2) is 15.0 Å². The van der Waals surface area contributed by atoms with Gasteiger partial charge in [-0.3, -0.25) is 0 Å². The van der Waals surface area contributed by atoms with Gasteiger partial charge < -0.3 is 5.32 Å². The summed E-state index contributed by atoms with van der Waals surface area (Å²) >= 11 is 1.53. The van der Waals surface area contributed by atoms with E-state index >= 15 is 0 Å². The predicted octanol–water partition coefficient (Wildman–Crippen LogP) is 4.24. The van der Waals surface area contributed by atoms with Crippen LogP contribution in [0.1, 0.15) is 10.7 Å². The lowest BCUT2D eigenvalue weighted by Crippen LogP contribution is -2.00. The highest BCUT2D eigenvalue weighted by molar-refractivity contribution is 7.15. The summed E-state index contributed by atoms with van der Waals surface area (Å²) in [6.07, 6.45) is 1.58. The molecule has 2 aromatic heterocycles. The monoisotopic (exact) mass is 318 g/mol. The first-order valence-corrected chi connectivity index (χ1v) is 7.34. The Labute approximate surface area is 129 Å². The number of hydrogen-bond donors (Lipinski definition) is 1. The van der Waals surface area contributed by atoms with E-state index in [2.05, 4.69) is 20.3 Å². The molecule has 0 unspecified atom stereocenters. The minimum Gasteiger partial charge on any atom is -0.322 e. The van der Waals surface area contributed by atoms with Crippen LogP contribution < -0.4 is 5.32 Å². The van der Waals surface area contributed by atoms with E-state index in [1.165, 1.54) is 23.5 Å². The van der Waals surface area contributed by atoms with Gasteiger partial charge in [0, 0.05) is 12.3 Å². The summed E-state index contributed by atoms with van der Waals surface area (Å²) < 4.78 is 26.6. The molecule has 3 aromatic rings. The summed E-state index contributed by atoms with van der Waals surface area (Å²) in [7, 11) is 0. The fraction of sp³-hybridized carbons (Fsp3) is 0.133. The van der Waals surface area contributed by atoms with Crippen LogP contribution >= 0.6 is 11.3 Å². The molecule has 22 heavy (non-hydrogen) atoms. The number of nitrogens with one attached hydrogen (secondary N) is 1. The lowest BCUT2D eigenvalue weighted by Gasteiger charge is -2.07. The van der Waals surface area contributed by atoms with Crippen LogP contribution in [0.3, 0.4) is 0 Å². The van der Waals surface area contributed by atoms with Crippen LogP contribution in [0.25, 0.3) is 10.6 Å². The van der Waals surface area contributed by atoms with Gasteiger partial charge in [-0.1, -0.05) is 0 Å². The fourth-order valence-electron chi connectivity index (χ4n) is 2.03. The molecule has 112 valence electrons. The molecule has 0 saturated heterocycles. The highest BCUT2D eigenvalue weighted by atomic mass is 32.1. The smallest absolute Gasteiger partial charge is 0.227 e. The van der Waals surface area contributed by atoms with Crippen LogP contribution in [0, 0.1) is 25.5 Å². The second-order valence-electron chi connectivity index (χ2n) is 4.66. The largest absolute Gasteiger partial charge is 0.322 e. The standard InChI is InChI=1S/C15H12F2N4S/c1-8-14(22-9(2)19-8)13-5-6-18-15(21-13)20-12-4-3-10(16)7-11(12)17/h3-7H,1-2H3,(H,18,20,21). The quantitative estimate of drug-likeness (QED) is 0.785. The average molecular weight is 318 g/mol. The Morgan fingerprint density at radius 2 is 1.91 bits per heavy atom. The Bertz CT molecular complexity index is 832. The molecule has 0 aliphatic carbocycles. The fourth-order valence-corrected chi connectivity index (χ4v) is 2.92. The molecule has 0 atom stereocenters. The van der Waals surface area contributed by atoms with Crippen molar-refractivity contribution < 1.29 is 8.78 Å². The van der Waals surface area contributed by atoms with Crippen LogP contribution in [0.4, 0.5) is 20.4 Å². The van der Waals surface area contributed by atoms with Crippen LogP contribution in [-0.2, 0) is 0 Å². The number of nitrogens with zero attached hydrogens (tertiary/aromatic N) is 3. The van der Waals surface area contributed by atoms with Crippen LogP contribution in [0.15, 0.2) is 30.5 Å². The molecule has 0 bridgehead atoms. The number of aryl methyl sites for hydroxylation is 2. The Morgan fingerprint density at radius 1 is 1.09 bits per heavy atom. The highest BCUT2D eigenvalue weighted by Crippen LogP contribution is 2.29. The molecule has 7 heteroatoms. The summed E-state index contributed by atoms with van der Waals surface area (Å²) in [5.41, 5.74) is 1.72. The van der Waals surface area contributed by atoms with Crippen molar-refractivity contribution in [1.29, 1.82) is 0 Å². The third kappa shape index (κ3) is 2.94. The van der Waals surface area contributed by atoms with E-state index in [0.29, 0.717) is 5.69 Å². The number of halogens is 2. The maximum atomic E-state index is 13.7. The van der Waals surface area contributed by atoms with E-state index in [1.54, 1.807) is 12.3 Å². The summed E-state index contributed by atoms with van der Waals surface area (Å²) in [5.74, 6) is -1.08. The van der Waals surface area contributed by atoms with E-state index in [9.17, 15) is 8.78 Å². The van der Waals surface area contributed by atoms with E-state index < -0.39 is 11.6 Å². The van der Waals surface area contributed by atoms with Gasteiger partial charge in [-0.05, 0) is 32.0 Å². The topological polar surface area (TPSA) is 50.7 Å². The zero-order valence-corrected chi connectivity index (χ0v) is 12.7. The van der Waals surface area contributed by atoms with Crippen molar-refractivity contribution in [3.8, 4) is 10.6 Å². The highest BCUT2D eigenvalue weighted by Gasteiger charge is 2.11. The molecule has 1 N–H and O–H groups in total. The van der Waals surface area contributed by atoms with Crippen molar-refractivity contribution >= 4 is 23.0 Å². The normalized spacial score (nSPS) is 10.7. The first-order valence-electron chi connectivity index (χ1n) is 6.52. The Balaban J connectivity index is 1.93. The molecule has 1 aromatic carbocycles. The molecule has 0 aliphatic heterocycles. The number of hydrogen-bond acceptors (Lipinski definition) is 5. The second kappa shape index (κ2) is 5.76. The molecule has 0 fully saturated rings. The van der Waals surface area contributed by atoms with E-state index in [1.807, 2.05) is 13.8 Å².